The summed E-state index contributed by atoms with van der Waals surface area (Å²) in [5.41, 5.74) is 1.04. The van der Waals surface area contributed by atoms with Gasteiger partial charge in [-0.2, -0.15) is 0 Å². The van der Waals surface area contributed by atoms with Crippen molar-refractivity contribution >= 4 is 5.91 Å². The number of rotatable bonds is 1. The van der Waals surface area contributed by atoms with Crippen LogP contribution in [0.4, 0.5) is 0 Å². The predicted octanol–water partition coefficient (Wildman–Crippen LogP) is 1.96. The van der Waals surface area contributed by atoms with E-state index in [1.165, 1.54) is 11.1 Å². The Morgan fingerprint density at radius 1 is 1.36 bits per heavy atom. The van der Waals surface area contributed by atoms with Crippen LogP contribution in [-0.2, 0) is 14.3 Å². The topological polar surface area (TPSA) is 47.6 Å². The zero-order valence-corrected chi connectivity index (χ0v) is 13.4. The van der Waals surface area contributed by atoms with Crippen molar-refractivity contribution in [3.63, 3.8) is 0 Å². The van der Waals surface area contributed by atoms with Gasteiger partial charge in [0.1, 0.15) is 16.6 Å². The first-order valence-corrected chi connectivity index (χ1v) is 8.45. The molecule has 4 nitrogen and oxygen atoms in total. The number of carbonyl (C=O) groups is 1. The van der Waals surface area contributed by atoms with E-state index < -0.39 is 16.6 Å². The normalized spacial score (nSPS) is 51.4. The van der Waals surface area contributed by atoms with Crippen LogP contribution in [0, 0.1) is 17.3 Å². The Labute approximate surface area is 130 Å². The lowest BCUT2D eigenvalue weighted by Gasteiger charge is -2.45. The van der Waals surface area contributed by atoms with Gasteiger partial charge in [-0.05, 0) is 37.2 Å². The molecule has 1 saturated carbocycles. The van der Waals surface area contributed by atoms with E-state index in [-0.39, 0.29) is 12.0 Å². The van der Waals surface area contributed by atoms with Gasteiger partial charge in [-0.25, -0.2) is 0 Å². The van der Waals surface area contributed by atoms with Crippen LogP contribution in [0.1, 0.15) is 33.6 Å². The first-order valence-electron chi connectivity index (χ1n) is 8.45. The Bertz CT molecular complexity index is 651. The molecule has 1 N–H and O–H groups in total. The third-order valence-corrected chi connectivity index (χ3v) is 6.95. The Hall–Kier alpha value is -1.13. The largest absolute Gasteiger partial charge is 0.375 e. The summed E-state index contributed by atoms with van der Waals surface area (Å²) in [5, 5.41) is 3.35. The first kappa shape index (κ1) is 13.3. The molecule has 0 aromatic carbocycles. The van der Waals surface area contributed by atoms with Crippen molar-refractivity contribution in [3.8, 4) is 0 Å². The van der Waals surface area contributed by atoms with Crippen LogP contribution in [0.2, 0.25) is 0 Å². The predicted molar refractivity (Wildman–Crippen MR) is 81.1 cm³/mol. The fraction of sp³-hybridized carbons (Fsp3) is 0.722. The third kappa shape index (κ3) is 1.10. The quantitative estimate of drug-likeness (QED) is 0.753. The van der Waals surface area contributed by atoms with Crippen molar-refractivity contribution in [1.29, 1.82) is 0 Å². The zero-order valence-electron chi connectivity index (χ0n) is 13.4. The van der Waals surface area contributed by atoms with Gasteiger partial charge >= 0.3 is 0 Å². The van der Waals surface area contributed by atoms with Gasteiger partial charge in [0.2, 0.25) is 5.91 Å². The summed E-state index contributed by atoms with van der Waals surface area (Å²) in [6.45, 7) is 7.65. The van der Waals surface area contributed by atoms with E-state index in [9.17, 15) is 4.79 Å². The minimum atomic E-state index is -0.499. The number of nitrogens with one attached hydrogen (secondary N) is 1. The van der Waals surface area contributed by atoms with E-state index in [0.717, 1.165) is 12.8 Å². The van der Waals surface area contributed by atoms with Crippen LogP contribution >= 0.6 is 0 Å². The van der Waals surface area contributed by atoms with Crippen molar-refractivity contribution < 1.29 is 14.3 Å². The second-order valence-electron chi connectivity index (χ2n) is 8.06. The minimum Gasteiger partial charge on any atom is -0.375 e. The van der Waals surface area contributed by atoms with Gasteiger partial charge in [0.05, 0.1) is 19.3 Å². The molecule has 0 aromatic rings. The number of hydrogen-bond acceptors (Lipinski definition) is 3. The van der Waals surface area contributed by atoms with Crippen molar-refractivity contribution in [3.05, 3.63) is 23.3 Å². The van der Waals surface area contributed by atoms with Crippen LogP contribution in [0.3, 0.4) is 0 Å². The Kier molecular flexibility index (Phi) is 2.23. The van der Waals surface area contributed by atoms with Gasteiger partial charge in [-0.15, -0.1) is 0 Å². The maximum absolute atomic E-state index is 13.3. The molecule has 6 aliphatic rings. The monoisotopic (exact) mass is 301 g/mol. The molecule has 1 aliphatic carbocycles. The molecular formula is C18H23NO3. The molecule has 118 valence electrons. The van der Waals surface area contributed by atoms with Gasteiger partial charge in [0, 0.05) is 0 Å². The maximum atomic E-state index is 13.3. The second-order valence-corrected chi connectivity index (χ2v) is 8.06. The van der Waals surface area contributed by atoms with E-state index in [0.29, 0.717) is 25.0 Å². The summed E-state index contributed by atoms with van der Waals surface area (Å²) in [6.07, 6.45) is 6.49. The molecule has 3 fully saturated rings. The van der Waals surface area contributed by atoms with Gasteiger partial charge in [0.15, 0.2) is 0 Å². The van der Waals surface area contributed by atoms with Crippen LogP contribution in [0.15, 0.2) is 23.3 Å². The molecule has 22 heavy (non-hydrogen) atoms. The smallest absolute Gasteiger partial charge is 0.234 e. The highest BCUT2D eigenvalue weighted by molar-refractivity contribution is 5.92. The highest BCUT2D eigenvalue weighted by atomic mass is 16.6. The number of amides is 1. The highest BCUT2D eigenvalue weighted by Gasteiger charge is 2.74. The number of fused-ring (bicyclic) bond motifs is 1. The minimum absolute atomic E-state index is 0.139. The van der Waals surface area contributed by atoms with Crippen molar-refractivity contribution in [2.75, 3.05) is 13.2 Å². The summed E-state index contributed by atoms with van der Waals surface area (Å²) in [7, 11) is 0. The fourth-order valence-corrected chi connectivity index (χ4v) is 5.94. The summed E-state index contributed by atoms with van der Waals surface area (Å²) < 4.78 is 12.4. The molecule has 3 spiro atoms. The molecule has 4 bridgehead atoms. The van der Waals surface area contributed by atoms with Crippen LogP contribution in [-0.4, -0.2) is 36.4 Å². The third-order valence-electron chi connectivity index (χ3n) is 6.95. The first-order chi connectivity index (χ1) is 10.5. The Balaban J connectivity index is 1.82. The summed E-state index contributed by atoms with van der Waals surface area (Å²) >= 11 is 0. The molecule has 0 unspecified atom stereocenters. The Morgan fingerprint density at radius 3 is 2.95 bits per heavy atom. The van der Waals surface area contributed by atoms with E-state index in [1.54, 1.807) is 0 Å². The molecule has 4 heteroatoms. The van der Waals surface area contributed by atoms with Crippen molar-refractivity contribution in [2.24, 2.45) is 17.3 Å². The van der Waals surface area contributed by atoms with E-state index in [2.05, 4.69) is 38.2 Å². The fourth-order valence-electron chi connectivity index (χ4n) is 5.94. The van der Waals surface area contributed by atoms with E-state index in [1.807, 2.05) is 0 Å². The molecule has 5 heterocycles. The van der Waals surface area contributed by atoms with Gasteiger partial charge < -0.3 is 14.8 Å². The molecule has 1 amide bonds. The zero-order chi connectivity index (χ0) is 15.3. The van der Waals surface area contributed by atoms with Gasteiger partial charge in [0.25, 0.3) is 0 Å². The number of hydrogen-bond donors (Lipinski definition) is 1. The van der Waals surface area contributed by atoms with Crippen molar-refractivity contribution in [2.45, 2.75) is 50.9 Å². The summed E-state index contributed by atoms with van der Waals surface area (Å²) in [5.74, 6) is 0.983. The highest BCUT2D eigenvalue weighted by Crippen LogP contribution is 2.64. The molecule has 2 saturated heterocycles. The average molecular weight is 301 g/mol. The molecule has 5 atom stereocenters. The standard InChI is InChI=1S/C18H23NO3/c1-10(2)13-5-4-12-7-16-8-21-9-17(16)11(3)6-14(22-17)18(12,13)15(20)19-16/h6-7,10,13-14H,4-5,8-9H2,1-3H3,(H,19,20)/t13-,14+,16+,17-,18-/m1/s1. The average Bonchev–Trinajstić information content (AvgIpc) is 3.06. The Morgan fingerprint density at radius 2 is 2.18 bits per heavy atom. The molecule has 6 rings (SSSR count). The second kappa shape index (κ2) is 3.68. The van der Waals surface area contributed by atoms with Crippen LogP contribution in [0.5, 0.6) is 0 Å². The molecule has 0 aromatic heterocycles. The van der Waals surface area contributed by atoms with E-state index in [4.69, 9.17) is 9.47 Å². The number of carbonyl (C=O) groups excluding carboxylic acids is 1. The molecule has 5 aliphatic heterocycles. The lowest BCUT2D eigenvalue weighted by molar-refractivity contribution is -0.139. The lowest BCUT2D eigenvalue weighted by Crippen LogP contribution is -2.66. The molecule has 0 radical (unpaired) electrons. The van der Waals surface area contributed by atoms with Gasteiger partial charge in [-0.1, -0.05) is 31.6 Å². The lowest BCUT2D eigenvalue weighted by atomic mass is 9.61. The summed E-state index contributed by atoms with van der Waals surface area (Å²) in [6, 6.07) is 0. The van der Waals surface area contributed by atoms with Crippen LogP contribution < -0.4 is 5.32 Å². The summed E-state index contributed by atoms with van der Waals surface area (Å²) in [4.78, 5) is 13.3. The van der Waals surface area contributed by atoms with Crippen molar-refractivity contribution in [1.82, 2.24) is 5.32 Å². The van der Waals surface area contributed by atoms with Gasteiger partial charge in [-0.3, -0.25) is 4.79 Å². The molecular weight excluding hydrogens is 278 g/mol. The van der Waals surface area contributed by atoms with Crippen LogP contribution in [0.25, 0.3) is 0 Å². The SMILES string of the molecule is CC1=C[C@@H]2O[C@]13COC[C@@]31C=C3CC[C@H](C(C)C)[C@]32C(=O)N1. The van der Waals surface area contributed by atoms with E-state index >= 15 is 0 Å². The maximum Gasteiger partial charge on any atom is 0.234 e. The number of ether oxygens (including phenoxy) is 2.